The summed E-state index contributed by atoms with van der Waals surface area (Å²) in [5, 5.41) is 0. The molecule has 28 heavy (non-hydrogen) atoms. The van der Waals surface area contributed by atoms with Gasteiger partial charge >= 0.3 is 0 Å². The van der Waals surface area contributed by atoms with E-state index in [1.165, 1.54) is 23.5 Å². The number of ether oxygens (including phenoxy) is 1. The zero-order chi connectivity index (χ0) is 19.7. The Balaban J connectivity index is 1.47. The van der Waals surface area contributed by atoms with Gasteiger partial charge in [-0.1, -0.05) is 6.07 Å². The molecule has 7 nitrogen and oxygen atoms in total. The van der Waals surface area contributed by atoms with Crippen molar-refractivity contribution in [3.63, 3.8) is 0 Å². The maximum atomic E-state index is 13.6. The van der Waals surface area contributed by atoms with Gasteiger partial charge in [0.2, 0.25) is 10.0 Å². The van der Waals surface area contributed by atoms with Crippen LogP contribution in [0.1, 0.15) is 5.69 Å². The van der Waals surface area contributed by atoms with Gasteiger partial charge in [-0.3, -0.25) is 4.90 Å². The molecule has 1 fully saturated rings. The second kappa shape index (κ2) is 7.50. The van der Waals surface area contributed by atoms with E-state index in [-0.39, 0.29) is 10.6 Å². The minimum Gasteiger partial charge on any atom is -0.495 e. The van der Waals surface area contributed by atoms with E-state index >= 15 is 0 Å². The van der Waals surface area contributed by atoms with Crippen molar-refractivity contribution in [1.82, 2.24) is 18.6 Å². The van der Waals surface area contributed by atoms with Crippen molar-refractivity contribution in [2.24, 2.45) is 0 Å². The summed E-state index contributed by atoms with van der Waals surface area (Å²) in [6.07, 6.45) is 3.81. The molecule has 0 unspecified atom stereocenters. The number of halogens is 1. The van der Waals surface area contributed by atoms with Crippen LogP contribution in [-0.4, -0.2) is 60.3 Å². The van der Waals surface area contributed by atoms with Gasteiger partial charge in [-0.05, 0) is 30.3 Å². The van der Waals surface area contributed by atoms with Crippen LogP contribution in [0.25, 0.3) is 5.65 Å². The number of methoxy groups -OCH3 is 1. The Bertz CT molecular complexity index is 1090. The second-order valence-corrected chi connectivity index (χ2v) is 8.56. The van der Waals surface area contributed by atoms with Crippen molar-refractivity contribution in [3.8, 4) is 5.75 Å². The van der Waals surface area contributed by atoms with E-state index in [4.69, 9.17) is 4.74 Å². The van der Waals surface area contributed by atoms with E-state index in [1.54, 1.807) is 0 Å². The maximum Gasteiger partial charge on any atom is 0.246 e. The highest BCUT2D eigenvalue weighted by atomic mass is 32.2. The van der Waals surface area contributed by atoms with Crippen LogP contribution in [0.15, 0.2) is 53.7 Å². The van der Waals surface area contributed by atoms with E-state index in [9.17, 15) is 12.8 Å². The molecule has 0 N–H and O–H groups in total. The molecule has 3 heterocycles. The molecule has 0 atom stereocenters. The van der Waals surface area contributed by atoms with Gasteiger partial charge in [0.1, 0.15) is 22.1 Å². The van der Waals surface area contributed by atoms with Crippen LogP contribution in [0, 0.1) is 5.82 Å². The molecule has 0 aliphatic carbocycles. The third kappa shape index (κ3) is 3.48. The van der Waals surface area contributed by atoms with Crippen molar-refractivity contribution < 1.29 is 17.5 Å². The number of nitrogens with zero attached hydrogens (tertiary/aromatic N) is 4. The van der Waals surface area contributed by atoms with Crippen molar-refractivity contribution in [3.05, 3.63) is 60.3 Å². The number of aromatic nitrogens is 2. The first-order chi connectivity index (χ1) is 13.5. The minimum atomic E-state index is -3.82. The molecule has 0 radical (unpaired) electrons. The standard InChI is InChI=1S/C19H21FN4O3S/c1-27-17-6-5-15(20)12-18(17)28(25,26)23-10-8-22(9-11-23)14-16-13-21-19-4-2-3-7-24(16)19/h2-7,12-13H,8-11,14H2,1H3. The normalized spacial score (nSPS) is 16.5. The molecule has 148 valence electrons. The van der Waals surface area contributed by atoms with Crippen LogP contribution in [-0.2, 0) is 16.6 Å². The van der Waals surface area contributed by atoms with Gasteiger partial charge in [-0.25, -0.2) is 17.8 Å². The number of pyridine rings is 1. The Morgan fingerprint density at radius 1 is 1.14 bits per heavy atom. The zero-order valence-electron chi connectivity index (χ0n) is 15.5. The molecule has 4 rings (SSSR count). The number of rotatable bonds is 5. The second-order valence-electron chi connectivity index (χ2n) is 6.65. The summed E-state index contributed by atoms with van der Waals surface area (Å²) in [5.74, 6) is -0.458. The fourth-order valence-electron chi connectivity index (χ4n) is 3.45. The highest BCUT2D eigenvalue weighted by Gasteiger charge is 2.31. The summed E-state index contributed by atoms with van der Waals surface area (Å²) < 4.78 is 48.1. The number of imidazole rings is 1. The van der Waals surface area contributed by atoms with E-state index in [2.05, 4.69) is 9.88 Å². The van der Waals surface area contributed by atoms with Gasteiger partial charge in [0, 0.05) is 38.9 Å². The van der Waals surface area contributed by atoms with Crippen LogP contribution in [0.2, 0.25) is 0 Å². The van der Waals surface area contributed by atoms with Crippen LogP contribution in [0.4, 0.5) is 4.39 Å². The molecular formula is C19H21FN4O3S. The summed E-state index contributed by atoms with van der Waals surface area (Å²) in [7, 11) is -2.45. The smallest absolute Gasteiger partial charge is 0.246 e. The lowest BCUT2D eigenvalue weighted by Crippen LogP contribution is -2.48. The fourth-order valence-corrected chi connectivity index (χ4v) is 5.04. The minimum absolute atomic E-state index is 0.134. The molecule has 1 saturated heterocycles. The topological polar surface area (TPSA) is 67.2 Å². The molecule has 9 heteroatoms. The monoisotopic (exact) mass is 404 g/mol. The zero-order valence-corrected chi connectivity index (χ0v) is 16.3. The van der Waals surface area contributed by atoms with E-state index in [0.717, 1.165) is 17.4 Å². The van der Waals surface area contributed by atoms with Gasteiger partial charge in [0.25, 0.3) is 0 Å². The average Bonchev–Trinajstić information content (AvgIpc) is 3.11. The lowest BCUT2D eigenvalue weighted by atomic mass is 10.3. The first-order valence-electron chi connectivity index (χ1n) is 8.96. The number of piperazine rings is 1. The van der Waals surface area contributed by atoms with Gasteiger partial charge < -0.3 is 9.14 Å². The Kier molecular flexibility index (Phi) is 5.05. The summed E-state index contributed by atoms with van der Waals surface area (Å²) >= 11 is 0. The summed E-state index contributed by atoms with van der Waals surface area (Å²) in [5.41, 5.74) is 1.94. The number of benzene rings is 1. The highest BCUT2D eigenvalue weighted by molar-refractivity contribution is 7.89. The van der Waals surface area contributed by atoms with E-state index < -0.39 is 15.8 Å². The molecule has 1 aliphatic heterocycles. The third-order valence-electron chi connectivity index (χ3n) is 4.95. The highest BCUT2D eigenvalue weighted by Crippen LogP contribution is 2.28. The molecule has 1 aliphatic rings. The van der Waals surface area contributed by atoms with Crippen LogP contribution in [0.3, 0.4) is 0 Å². The van der Waals surface area contributed by atoms with Gasteiger partial charge in [-0.15, -0.1) is 0 Å². The van der Waals surface area contributed by atoms with Gasteiger partial charge in [0.05, 0.1) is 19.0 Å². The average molecular weight is 404 g/mol. The Morgan fingerprint density at radius 3 is 2.68 bits per heavy atom. The molecule has 3 aromatic rings. The number of hydrogen-bond donors (Lipinski definition) is 0. The predicted molar refractivity (Wildman–Crippen MR) is 102 cm³/mol. The van der Waals surface area contributed by atoms with E-state index in [1.807, 2.05) is 35.0 Å². The fraction of sp³-hybridized carbons (Fsp3) is 0.316. The predicted octanol–water partition coefficient (Wildman–Crippen LogP) is 1.99. The number of fused-ring (bicyclic) bond motifs is 1. The Labute approximate surface area is 163 Å². The first kappa shape index (κ1) is 18.9. The molecular weight excluding hydrogens is 383 g/mol. The quantitative estimate of drug-likeness (QED) is 0.651. The Hall–Kier alpha value is -2.49. The number of hydrogen-bond acceptors (Lipinski definition) is 5. The van der Waals surface area contributed by atoms with Crippen molar-refractivity contribution in [2.45, 2.75) is 11.4 Å². The summed E-state index contributed by atoms with van der Waals surface area (Å²) in [6.45, 7) is 2.51. The maximum absolute atomic E-state index is 13.6. The first-order valence-corrected chi connectivity index (χ1v) is 10.4. The Morgan fingerprint density at radius 2 is 1.93 bits per heavy atom. The lowest BCUT2D eigenvalue weighted by molar-refractivity contribution is 0.179. The molecule has 2 aromatic heterocycles. The molecule has 0 amide bonds. The van der Waals surface area contributed by atoms with Crippen LogP contribution >= 0.6 is 0 Å². The molecule has 0 saturated carbocycles. The van der Waals surface area contributed by atoms with Crippen LogP contribution < -0.4 is 4.74 Å². The molecule has 1 aromatic carbocycles. The van der Waals surface area contributed by atoms with Gasteiger partial charge in [0.15, 0.2) is 0 Å². The number of sulfonamides is 1. The lowest BCUT2D eigenvalue weighted by Gasteiger charge is -2.34. The molecule has 0 bridgehead atoms. The van der Waals surface area contributed by atoms with Crippen LogP contribution in [0.5, 0.6) is 5.75 Å². The largest absolute Gasteiger partial charge is 0.495 e. The van der Waals surface area contributed by atoms with Gasteiger partial charge in [-0.2, -0.15) is 4.31 Å². The van der Waals surface area contributed by atoms with E-state index in [0.29, 0.717) is 32.7 Å². The van der Waals surface area contributed by atoms with Crippen molar-refractivity contribution >= 4 is 15.7 Å². The summed E-state index contributed by atoms with van der Waals surface area (Å²) in [6, 6.07) is 9.37. The SMILES string of the molecule is COc1ccc(F)cc1S(=O)(=O)N1CCN(Cc2cnc3ccccn23)CC1. The summed E-state index contributed by atoms with van der Waals surface area (Å²) in [4.78, 5) is 6.44. The van der Waals surface area contributed by atoms with Crippen molar-refractivity contribution in [2.75, 3.05) is 33.3 Å². The van der Waals surface area contributed by atoms with Crippen molar-refractivity contribution in [1.29, 1.82) is 0 Å². The third-order valence-corrected chi connectivity index (χ3v) is 6.87. The molecule has 0 spiro atoms.